The van der Waals surface area contributed by atoms with Crippen molar-refractivity contribution in [3.8, 4) is 33.6 Å². The Hall–Kier alpha value is -3.80. The molecule has 0 atom stereocenters. The molecule has 0 aliphatic heterocycles. The van der Waals surface area contributed by atoms with Crippen molar-refractivity contribution < 1.29 is 31.3 Å². The topological polar surface area (TPSA) is 25.8 Å². The average Bonchev–Trinajstić information content (AvgIpc) is 3.51. The number of fused-ring (bicyclic) bond motifs is 3. The summed E-state index contributed by atoms with van der Waals surface area (Å²) in [5, 5.41) is 2.81. The summed E-state index contributed by atoms with van der Waals surface area (Å²) in [6.45, 7) is 8.31. The van der Waals surface area contributed by atoms with Crippen molar-refractivity contribution in [3.05, 3.63) is 139 Å². The molecule has 7 aromatic rings. The molecule has 3 heterocycles. The summed E-state index contributed by atoms with van der Waals surface area (Å²) in [6, 6.07) is 35.5. The maximum absolute atomic E-state index is 13.6. The van der Waals surface area contributed by atoms with Crippen molar-refractivity contribution in [3.63, 3.8) is 0 Å². The van der Waals surface area contributed by atoms with E-state index in [1.165, 1.54) is 34.7 Å². The summed E-state index contributed by atoms with van der Waals surface area (Å²) >= 11 is 1.45. The molecule has 0 saturated carbocycles. The Kier molecular flexibility index (Phi) is 9.21. The minimum Gasteiger partial charge on any atom is -0.305 e. The molecule has 0 aliphatic rings. The fraction of sp³-hybridized carbons (Fsp3) is 0.190. The average molecular weight is 848 g/mol. The molecule has 2 nitrogen and oxygen atoms in total. The molecule has 0 spiro atoms. The van der Waals surface area contributed by atoms with E-state index in [1.54, 1.807) is 30.5 Å². The number of thiophene rings is 1. The fourth-order valence-corrected chi connectivity index (χ4v) is 7.83. The Balaban J connectivity index is 0.000000267. The quantitative estimate of drug-likeness (QED) is 0.123. The van der Waals surface area contributed by atoms with E-state index in [0.717, 1.165) is 37.2 Å². The molecule has 0 bridgehead atoms. The summed E-state index contributed by atoms with van der Waals surface area (Å²) in [5.74, 6) is -0.562. The Morgan fingerprint density at radius 2 is 1.71 bits per heavy atom. The van der Waals surface area contributed by atoms with Crippen molar-refractivity contribution in [2.24, 2.45) is 5.92 Å². The number of halogens is 1. The van der Waals surface area contributed by atoms with Gasteiger partial charge >= 0.3 is 0 Å². The summed E-state index contributed by atoms with van der Waals surface area (Å²) in [7, 11) is -1.23. The van der Waals surface area contributed by atoms with E-state index in [0.29, 0.717) is 22.2 Å². The molecular formula is C42H39FIrN2SSi-2. The molecule has 48 heavy (non-hydrogen) atoms. The van der Waals surface area contributed by atoms with Gasteiger partial charge in [0.1, 0.15) is 5.82 Å². The van der Waals surface area contributed by atoms with Crippen LogP contribution in [0.4, 0.5) is 4.39 Å². The van der Waals surface area contributed by atoms with E-state index >= 15 is 0 Å². The SMILES string of the molecule is C[Si](C)(C)c1ccc(-c2[c-]cccc2)nc1.[2H]C([2H])([2H])c1c[c-]c(-c2cc(C([2H])([2H])C(C)C)ccn2)c2sc3c(-c4ccc(F)cc4)cccc3c12.[Ir]. The molecular weight excluding hydrogens is 804 g/mol. The monoisotopic (exact) mass is 848 g/mol. The van der Waals surface area contributed by atoms with Crippen LogP contribution in [0.5, 0.6) is 0 Å². The molecule has 3 aromatic heterocycles. The second kappa shape index (κ2) is 15.2. The minimum absolute atomic E-state index is 0. The molecule has 245 valence electrons. The molecule has 4 aromatic carbocycles. The van der Waals surface area contributed by atoms with Gasteiger partial charge in [-0.3, -0.25) is 0 Å². The molecule has 6 heteroatoms. The van der Waals surface area contributed by atoms with Crippen LogP contribution < -0.4 is 5.19 Å². The number of aromatic nitrogens is 2. The van der Waals surface area contributed by atoms with Crippen molar-refractivity contribution >= 4 is 44.8 Å². The number of hydrogen-bond donors (Lipinski definition) is 0. The van der Waals surface area contributed by atoms with Crippen molar-refractivity contribution in [1.29, 1.82) is 0 Å². The van der Waals surface area contributed by atoms with Gasteiger partial charge in [-0.25, -0.2) is 4.39 Å². The molecule has 0 N–H and O–H groups in total. The van der Waals surface area contributed by atoms with Gasteiger partial charge in [0.15, 0.2) is 0 Å². The first-order chi connectivity index (χ1) is 24.6. The first-order valence-corrected chi connectivity index (χ1v) is 19.9. The third-order valence-electron chi connectivity index (χ3n) is 7.81. The van der Waals surface area contributed by atoms with Gasteiger partial charge in [-0.15, -0.1) is 59.2 Å². The van der Waals surface area contributed by atoms with Crippen LogP contribution in [0.2, 0.25) is 19.6 Å². The molecule has 0 saturated heterocycles. The van der Waals surface area contributed by atoms with Gasteiger partial charge in [0.25, 0.3) is 0 Å². The number of hydrogen-bond acceptors (Lipinski definition) is 3. The summed E-state index contributed by atoms with van der Waals surface area (Å²) in [4.78, 5) is 9.03. The van der Waals surface area contributed by atoms with E-state index in [1.807, 2.05) is 62.5 Å². The van der Waals surface area contributed by atoms with Crippen LogP contribution in [0, 0.1) is 30.7 Å². The van der Waals surface area contributed by atoms with Crippen LogP contribution in [0.15, 0.2) is 109 Å². The molecule has 0 aliphatic carbocycles. The van der Waals surface area contributed by atoms with E-state index in [9.17, 15) is 4.39 Å². The van der Waals surface area contributed by atoms with Crippen LogP contribution in [0.25, 0.3) is 53.8 Å². The van der Waals surface area contributed by atoms with Crippen molar-refractivity contribution in [2.45, 2.75) is 46.7 Å². The van der Waals surface area contributed by atoms with Gasteiger partial charge in [0.2, 0.25) is 0 Å². The smallest absolute Gasteiger partial charge is 0.123 e. The van der Waals surface area contributed by atoms with Crippen LogP contribution >= 0.6 is 11.3 Å². The summed E-state index contributed by atoms with van der Waals surface area (Å²) in [6.07, 6.45) is 2.05. The molecule has 7 rings (SSSR count). The second-order valence-corrected chi connectivity index (χ2v) is 18.9. The van der Waals surface area contributed by atoms with E-state index in [2.05, 4.69) is 53.9 Å². The fourth-order valence-electron chi connectivity index (χ4n) is 5.43. The minimum atomic E-state index is -2.35. The van der Waals surface area contributed by atoms with Gasteiger partial charge in [-0.1, -0.05) is 99.8 Å². The standard InChI is InChI=1S/C28H23FNS.C14H16NSi.Ir/c1-17(2)15-19-13-14-30-25(16-19)23-12-7-18(3)26-24-6-4-5-22(27(24)31-28(23)26)20-8-10-21(29)11-9-20;1-16(2,3)13-9-10-14(15-11-13)12-7-5-4-6-8-12;/h4-11,13-14,16-17H,15H2,1-3H3;4-7,9-11H,1-3H3;/q2*-1;/i3D3,15D2;;. The third-order valence-corrected chi connectivity index (χ3v) is 11.1. The molecule has 1 radical (unpaired) electrons. The van der Waals surface area contributed by atoms with Gasteiger partial charge in [0, 0.05) is 44.1 Å². The largest absolute Gasteiger partial charge is 0.305 e. The zero-order valence-electron chi connectivity index (χ0n) is 32.5. The van der Waals surface area contributed by atoms with Gasteiger partial charge in [-0.05, 0) is 68.3 Å². The Bertz CT molecular complexity index is 2340. The maximum atomic E-state index is 13.6. The number of rotatable bonds is 6. The van der Waals surface area contributed by atoms with Gasteiger partial charge in [0.05, 0.1) is 8.07 Å². The van der Waals surface area contributed by atoms with Crippen LogP contribution in [0.1, 0.15) is 31.8 Å². The third kappa shape index (κ3) is 7.90. The van der Waals surface area contributed by atoms with E-state index < -0.39 is 21.3 Å². The maximum Gasteiger partial charge on any atom is 0.123 e. The zero-order chi connectivity index (χ0) is 37.4. The number of nitrogens with zero attached hydrogens (tertiary/aromatic N) is 2. The van der Waals surface area contributed by atoms with Gasteiger partial charge in [-0.2, -0.15) is 11.3 Å². The zero-order valence-corrected chi connectivity index (χ0v) is 31.7. The first kappa shape index (κ1) is 29.1. The Morgan fingerprint density at radius 3 is 2.38 bits per heavy atom. The van der Waals surface area contributed by atoms with Crippen molar-refractivity contribution in [2.75, 3.05) is 0 Å². The number of pyridine rings is 2. The molecule has 0 unspecified atom stereocenters. The predicted molar refractivity (Wildman–Crippen MR) is 202 cm³/mol. The number of benzene rings is 4. The Morgan fingerprint density at radius 1 is 0.896 bits per heavy atom. The molecule has 0 fully saturated rings. The summed E-state index contributed by atoms with van der Waals surface area (Å²) in [5.41, 5.74) is 5.66. The van der Waals surface area contributed by atoms with Crippen molar-refractivity contribution in [1.82, 2.24) is 9.97 Å². The predicted octanol–water partition coefficient (Wildman–Crippen LogP) is 11.3. The second-order valence-electron chi connectivity index (χ2n) is 12.8. The van der Waals surface area contributed by atoms with E-state index in [-0.39, 0.29) is 37.4 Å². The van der Waals surface area contributed by atoms with Crippen LogP contribution in [-0.4, -0.2) is 18.0 Å². The Labute approximate surface area is 309 Å². The summed E-state index contributed by atoms with van der Waals surface area (Å²) < 4.78 is 56.7. The van der Waals surface area contributed by atoms with Crippen LogP contribution in [-0.2, 0) is 26.5 Å². The van der Waals surface area contributed by atoms with E-state index in [4.69, 9.17) is 6.85 Å². The first-order valence-electron chi connectivity index (χ1n) is 18.1. The molecule has 0 amide bonds. The van der Waals surface area contributed by atoms with Crippen LogP contribution in [0.3, 0.4) is 0 Å². The normalized spacial score (nSPS) is 13.4. The van der Waals surface area contributed by atoms with Gasteiger partial charge < -0.3 is 9.97 Å². The number of aryl methyl sites for hydroxylation is 1.